The maximum atomic E-state index is 13.7. The summed E-state index contributed by atoms with van der Waals surface area (Å²) >= 11 is 0. The Morgan fingerprint density at radius 1 is 1.38 bits per heavy atom. The average molecular weight is 327 g/mol. The summed E-state index contributed by atoms with van der Waals surface area (Å²) in [4.78, 5) is 22.2. The van der Waals surface area contributed by atoms with Crippen molar-refractivity contribution in [2.45, 2.75) is 45.7 Å². The van der Waals surface area contributed by atoms with E-state index in [2.05, 4.69) is 9.88 Å². The van der Waals surface area contributed by atoms with Crippen LogP contribution in [-0.2, 0) is 25.9 Å². The van der Waals surface area contributed by atoms with Gasteiger partial charge in [0.25, 0.3) is 5.56 Å². The van der Waals surface area contributed by atoms with Gasteiger partial charge in [-0.15, -0.1) is 0 Å². The molecule has 0 atom stereocenters. The summed E-state index contributed by atoms with van der Waals surface area (Å²) in [6.45, 7) is 3.92. The lowest BCUT2D eigenvalue weighted by Crippen LogP contribution is -2.35. The standard InChI is InChI=1S/C19H22FN3O/c1-12-2-3-14(8-16(12)20)10-23-7-6-15-17(11-23)21-18(22-19(15)24)9-13-4-5-13/h2-3,8,13H,4-7,9-11H2,1H3,(H,21,22,24). The Morgan fingerprint density at radius 3 is 2.96 bits per heavy atom. The molecule has 1 saturated carbocycles. The van der Waals surface area contributed by atoms with Gasteiger partial charge in [-0.1, -0.05) is 12.1 Å². The first-order valence-corrected chi connectivity index (χ1v) is 8.67. The number of aromatic nitrogens is 2. The molecule has 2 aromatic rings. The molecule has 1 fully saturated rings. The second-order valence-electron chi connectivity index (χ2n) is 7.13. The zero-order valence-electron chi connectivity index (χ0n) is 13.9. The largest absolute Gasteiger partial charge is 0.310 e. The first-order chi connectivity index (χ1) is 11.6. The monoisotopic (exact) mass is 327 g/mol. The molecule has 4 nitrogen and oxygen atoms in total. The van der Waals surface area contributed by atoms with Crippen LogP contribution in [-0.4, -0.2) is 21.4 Å². The van der Waals surface area contributed by atoms with Gasteiger partial charge in [0.05, 0.1) is 5.69 Å². The van der Waals surface area contributed by atoms with Gasteiger partial charge in [0.15, 0.2) is 0 Å². The third kappa shape index (κ3) is 3.26. The highest BCUT2D eigenvalue weighted by atomic mass is 19.1. The normalized spacial score (nSPS) is 17.8. The van der Waals surface area contributed by atoms with Gasteiger partial charge in [-0.05, 0) is 49.3 Å². The van der Waals surface area contributed by atoms with E-state index >= 15 is 0 Å². The zero-order chi connectivity index (χ0) is 16.7. The van der Waals surface area contributed by atoms with Crippen molar-refractivity contribution in [2.24, 2.45) is 5.92 Å². The molecule has 1 N–H and O–H groups in total. The Kier molecular flexibility index (Phi) is 3.96. The lowest BCUT2D eigenvalue weighted by molar-refractivity contribution is 0.239. The molecule has 0 bridgehead atoms. The van der Waals surface area contributed by atoms with Gasteiger partial charge in [-0.3, -0.25) is 9.69 Å². The SMILES string of the molecule is Cc1ccc(CN2CCc3c(nc(CC4CC4)[nH]c3=O)C2)cc1F. The Bertz CT molecular complexity index is 826. The van der Waals surface area contributed by atoms with E-state index in [1.165, 1.54) is 12.8 Å². The van der Waals surface area contributed by atoms with Crippen molar-refractivity contribution >= 4 is 0 Å². The minimum Gasteiger partial charge on any atom is -0.310 e. The summed E-state index contributed by atoms with van der Waals surface area (Å²) in [7, 11) is 0. The molecular formula is C19H22FN3O. The molecule has 0 radical (unpaired) electrons. The van der Waals surface area contributed by atoms with Crippen molar-refractivity contribution in [3.8, 4) is 0 Å². The number of hydrogen-bond acceptors (Lipinski definition) is 3. The highest BCUT2D eigenvalue weighted by Gasteiger charge is 2.25. The van der Waals surface area contributed by atoms with Crippen LogP contribution in [0.2, 0.25) is 0 Å². The van der Waals surface area contributed by atoms with Crippen molar-refractivity contribution in [1.29, 1.82) is 0 Å². The summed E-state index contributed by atoms with van der Waals surface area (Å²) < 4.78 is 13.7. The van der Waals surface area contributed by atoms with Crippen LogP contribution in [0.1, 0.15) is 41.1 Å². The molecular weight excluding hydrogens is 305 g/mol. The highest BCUT2D eigenvalue weighted by molar-refractivity contribution is 5.25. The van der Waals surface area contributed by atoms with E-state index in [9.17, 15) is 9.18 Å². The molecule has 126 valence electrons. The van der Waals surface area contributed by atoms with E-state index < -0.39 is 0 Å². The van der Waals surface area contributed by atoms with Gasteiger partial charge in [0.1, 0.15) is 11.6 Å². The Hall–Kier alpha value is -2.01. The first-order valence-electron chi connectivity index (χ1n) is 8.67. The second-order valence-corrected chi connectivity index (χ2v) is 7.13. The molecule has 1 aliphatic heterocycles. The maximum absolute atomic E-state index is 13.7. The van der Waals surface area contributed by atoms with Crippen LogP contribution < -0.4 is 5.56 Å². The first kappa shape index (κ1) is 15.5. The summed E-state index contributed by atoms with van der Waals surface area (Å²) in [6, 6.07) is 5.39. The summed E-state index contributed by atoms with van der Waals surface area (Å²) in [5.74, 6) is 1.36. The van der Waals surface area contributed by atoms with E-state index in [1.807, 2.05) is 12.1 Å². The van der Waals surface area contributed by atoms with Crippen LogP contribution in [0, 0.1) is 18.7 Å². The van der Waals surface area contributed by atoms with Crippen LogP contribution in [0.25, 0.3) is 0 Å². The number of aromatic amines is 1. The van der Waals surface area contributed by atoms with Gasteiger partial charge < -0.3 is 4.98 Å². The van der Waals surface area contributed by atoms with Crippen LogP contribution >= 0.6 is 0 Å². The lowest BCUT2D eigenvalue weighted by Gasteiger charge is -2.27. The molecule has 1 aliphatic carbocycles. The van der Waals surface area contributed by atoms with E-state index in [0.29, 0.717) is 31.0 Å². The molecule has 0 amide bonds. The minimum atomic E-state index is -0.161. The quantitative estimate of drug-likeness (QED) is 0.939. The van der Waals surface area contributed by atoms with Crippen molar-refractivity contribution in [2.75, 3.05) is 6.54 Å². The number of aryl methyl sites for hydroxylation is 1. The van der Waals surface area contributed by atoms with Crippen LogP contribution in [0.3, 0.4) is 0 Å². The summed E-state index contributed by atoms with van der Waals surface area (Å²) in [5.41, 5.74) is 3.37. The number of nitrogens with one attached hydrogen (secondary N) is 1. The van der Waals surface area contributed by atoms with Crippen LogP contribution in [0.15, 0.2) is 23.0 Å². The van der Waals surface area contributed by atoms with Crippen molar-refractivity contribution < 1.29 is 4.39 Å². The topological polar surface area (TPSA) is 49.0 Å². The molecule has 2 aliphatic rings. The van der Waals surface area contributed by atoms with Gasteiger partial charge in [-0.25, -0.2) is 9.37 Å². The van der Waals surface area contributed by atoms with E-state index in [4.69, 9.17) is 4.98 Å². The van der Waals surface area contributed by atoms with Crippen molar-refractivity contribution in [3.05, 3.63) is 62.6 Å². The predicted molar refractivity (Wildman–Crippen MR) is 90.2 cm³/mol. The fourth-order valence-electron chi connectivity index (χ4n) is 3.37. The van der Waals surface area contributed by atoms with E-state index in [0.717, 1.165) is 35.6 Å². The molecule has 1 aromatic carbocycles. The smallest absolute Gasteiger partial charge is 0.254 e. The van der Waals surface area contributed by atoms with E-state index in [-0.39, 0.29) is 11.4 Å². The number of halogens is 1. The molecule has 5 heteroatoms. The molecule has 2 heterocycles. The number of H-pyrrole nitrogens is 1. The fraction of sp³-hybridized carbons (Fsp3) is 0.474. The van der Waals surface area contributed by atoms with Crippen LogP contribution in [0.5, 0.6) is 0 Å². The summed E-state index contributed by atoms with van der Waals surface area (Å²) in [6.07, 6.45) is 4.07. The maximum Gasteiger partial charge on any atom is 0.254 e. The molecule has 4 rings (SSSR count). The predicted octanol–water partition coefficient (Wildman–Crippen LogP) is 2.73. The number of hydrogen-bond donors (Lipinski definition) is 1. The van der Waals surface area contributed by atoms with Gasteiger partial charge >= 0.3 is 0 Å². The number of benzene rings is 1. The zero-order valence-corrected chi connectivity index (χ0v) is 13.9. The third-order valence-electron chi connectivity index (χ3n) is 5.02. The molecule has 1 aromatic heterocycles. The molecule has 24 heavy (non-hydrogen) atoms. The van der Waals surface area contributed by atoms with Crippen LogP contribution in [0.4, 0.5) is 4.39 Å². The van der Waals surface area contributed by atoms with Gasteiger partial charge in [0.2, 0.25) is 0 Å². The third-order valence-corrected chi connectivity index (χ3v) is 5.02. The average Bonchev–Trinajstić information content (AvgIpc) is 3.35. The lowest BCUT2D eigenvalue weighted by atomic mass is 10.0. The van der Waals surface area contributed by atoms with Gasteiger partial charge in [-0.2, -0.15) is 0 Å². The Morgan fingerprint density at radius 2 is 2.21 bits per heavy atom. The minimum absolute atomic E-state index is 0.0247. The molecule has 0 unspecified atom stereocenters. The van der Waals surface area contributed by atoms with Crippen molar-refractivity contribution in [3.63, 3.8) is 0 Å². The Labute approximate surface area is 140 Å². The number of rotatable bonds is 4. The van der Waals surface area contributed by atoms with Gasteiger partial charge in [0, 0.05) is 31.6 Å². The Balaban J connectivity index is 1.52. The molecule has 0 saturated heterocycles. The van der Waals surface area contributed by atoms with E-state index in [1.54, 1.807) is 13.0 Å². The fourth-order valence-corrected chi connectivity index (χ4v) is 3.37. The molecule has 0 spiro atoms. The number of nitrogens with zero attached hydrogens (tertiary/aromatic N) is 2. The summed E-state index contributed by atoms with van der Waals surface area (Å²) in [5, 5.41) is 0. The van der Waals surface area contributed by atoms with Crippen molar-refractivity contribution in [1.82, 2.24) is 14.9 Å². The number of fused-ring (bicyclic) bond motifs is 1. The highest BCUT2D eigenvalue weighted by Crippen LogP contribution is 2.31. The second kappa shape index (κ2) is 6.13.